The first-order valence-corrected chi connectivity index (χ1v) is 13.1. The molecular weight excluding hydrogens is 502 g/mol. The third-order valence-electron chi connectivity index (χ3n) is 5.79. The SMILES string of the molecule is CCOc1ccc(C(=O)Nc2sc3c(c2-c2nc4ccccc4s2)CCN(C)C3)cc1OCC.Cl. The molecule has 0 bridgehead atoms. The van der Waals surface area contributed by atoms with E-state index in [-0.39, 0.29) is 18.3 Å². The fraction of sp³-hybridized carbons (Fsp3) is 0.308. The van der Waals surface area contributed by atoms with Gasteiger partial charge >= 0.3 is 0 Å². The zero-order valence-electron chi connectivity index (χ0n) is 19.9. The highest BCUT2D eigenvalue weighted by atomic mass is 35.5. The monoisotopic (exact) mass is 529 g/mol. The van der Waals surface area contributed by atoms with Crippen LogP contribution in [0.3, 0.4) is 0 Å². The highest BCUT2D eigenvalue weighted by molar-refractivity contribution is 7.23. The Balaban J connectivity index is 0.00000289. The molecule has 5 rings (SSSR count). The summed E-state index contributed by atoms with van der Waals surface area (Å²) in [7, 11) is 2.13. The highest BCUT2D eigenvalue weighted by Gasteiger charge is 2.27. The average molecular weight is 530 g/mol. The average Bonchev–Trinajstić information content (AvgIpc) is 3.40. The van der Waals surface area contributed by atoms with Gasteiger partial charge in [0, 0.05) is 29.1 Å². The second-order valence-corrected chi connectivity index (χ2v) is 10.3. The van der Waals surface area contributed by atoms with Crippen molar-refractivity contribution >= 4 is 56.2 Å². The summed E-state index contributed by atoms with van der Waals surface area (Å²) in [5.41, 5.74) is 3.89. The van der Waals surface area contributed by atoms with E-state index in [4.69, 9.17) is 14.5 Å². The van der Waals surface area contributed by atoms with E-state index in [9.17, 15) is 4.79 Å². The third kappa shape index (κ3) is 5.16. The van der Waals surface area contributed by atoms with Crippen molar-refractivity contribution in [1.29, 1.82) is 0 Å². The molecule has 184 valence electrons. The maximum absolute atomic E-state index is 13.3. The van der Waals surface area contributed by atoms with Gasteiger partial charge < -0.3 is 19.7 Å². The number of benzene rings is 2. The molecular formula is C26H28ClN3O3S2. The number of halogens is 1. The normalized spacial score (nSPS) is 13.2. The summed E-state index contributed by atoms with van der Waals surface area (Å²) in [5.74, 6) is 1.06. The molecule has 0 fully saturated rings. The number of nitrogens with zero attached hydrogens (tertiary/aromatic N) is 2. The fourth-order valence-corrected chi connectivity index (χ4v) is 6.63. The van der Waals surface area contributed by atoms with Crippen LogP contribution in [-0.2, 0) is 13.0 Å². The Morgan fingerprint density at radius 1 is 1.09 bits per heavy atom. The fourth-order valence-electron chi connectivity index (χ4n) is 4.19. The molecule has 0 saturated carbocycles. The first-order valence-electron chi connectivity index (χ1n) is 11.5. The van der Waals surface area contributed by atoms with E-state index in [1.165, 1.54) is 10.4 Å². The Hall–Kier alpha value is -2.65. The second-order valence-electron chi connectivity index (χ2n) is 8.16. The van der Waals surface area contributed by atoms with Crippen molar-refractivity contribution in [3.8, 4) is 22.1 Å². The van der Waals surface area contributed by atoms with E-state index in [0.717, 1.165) is 45.3 Å². The molecule has 1 N–H and O–H groups in total. The van der Waals surface area contributed by atoms with E-state index in [2.05, 4.69) is 23.3 Å². The number of para-hydroxylation sites is 1. The number of carbonyl (C=O) groups excluding carboxylic acids is 1. The third-order valence-corrected chi connectivity index (χ3v) is 7.97. The number of thiophene rings is 1. The lowest BCUT2D eigenvalue weighted by atomic mass is 10.0. The number of fused-ring (bicyclic) bond motifs is 2. The molecule has 0 unspecified atom stereocenters. The number of nitrogens with one attached hydrogen (secondary N) is 1. The molecule has 0 saturated heterocycles. The van der Waals surface area contributed by atoms with Gasteiger partial charge in [-0.05, 0) is 63.2 Å². The van der Waals surface area contributed by atoms with Gasteiger partial charge in [-0.3, -0.25) is 4.79 Å². The standard InChI is InChI=1S/C26H27N3O3S2.ClH/c1-4-31-19-11-10-16(14-20(19)32-5-2)24(30)28-26-23(17-12-13-29(3)15-22(17)34-26)25-27-18-8-6-7-9-21(18)33-25;/h6-11,14H,4-5,12-13,15H2,1-3H3,(H,28,30);1H. The molecule has 6 nitrogen and oxygen atoms in total. The first-order chi connectivity index (χ1) is 16.6. The van der Waals surface area contributed by atoms with E-state index in [1.54, 1.807) is 40.9 Å². The number of carbonyl (C=O) groups is 1. The Labute approximate surface area is 219 Å². The van der Waals surface area contributed by atoms with Gasteiger partial charge in [-0.15, -0.1) is 35.1 Å². The first kappa shape index (κ1) is 25.4. The Morgan fingerprint density at radius 3 is 2.63 bits per heavy atom. The van der Waals surface area contributed by atoms with Crippen LogP contribution < -0.4 is 14.8 Å². The van der Waals surface area contributed by atoms with Crippen LogP contribution >= 0.6 is 35.1 Å². The number of hydrogen-bond donors (Lipinski definition) is 1. The Bertz CT molecular complexity index is 1320. The maximum atomic E-state index is 13.3. The number of thiazole rings is 1. The number of aromatic nitrogens is 1. The Kier molecular flexibility index (Phi) is 7.96. The van der Waals surface area contributed by atoms with Gasteiger partial charge in [0.25, 0.3) is 5.91 Å². The number of anilines is 1. The minimum atomic E-state index is -0.168. The zero-order chi connectivity index (χ0) is 23.7. The number of amides is 1. The molecule has 2 aromatic heterocycles. The number of hydrogen-bond acceptors (Lipinski definition) is 7. The quantitative estimate of drug-likeness (QED) is 0.296. The van der Waals surface area contributed by atoms with E-state index in [1.807, 2.05) is 32.0 Å². The second kappa shape index (κ2) is 11.0. The number of rotatable bonds is 7. The van der Waals surface area contributed by atoms with E-state index >= 15 is 0 Å². The lowest BCUT2D eigenvalue weighted by Crippen LogP contribution is -2.25. The summed E-state index contributed by atoms with van der Waals surface area (Å²) in [4.78, 5) is 21.9. The van der Waals surface area contributed by atoms with Gasteiger partial charge in [0.2, 0.25) is 0 Å². The van der Waals surface area contributed by atoms with Crippen molar-refractivity contribution in [3.05, 3.63) is 58.5 Å². The molecule has 0 aliphatic carbocycles. The van der Waals surface area contributed by atoms with Crippen LogP contribution in [0.1, 0.15) is 34.6 Å². The summed E-state index contributed by atoms with van der Waals surface area (Å²) in [6, 6.07) is 13.5. The molecule has 35 heavy (non-hydrogen) atoms. The molecule has 9 heteroatoms. The Morgan fingerprint density at radius 2 is 1.86 bits per heavy atom. The predicted molar refractivity (Wildman–Crippen MR) is 147 cm³/mol. The zero-order valence-corrected chi connectivity index (χ0v) is 22.4. The molecule has 4 aromatic rings. The van der Waals surface area contributed by atoms with Crippen LogP contribution in [0.15, 0.2) is 42.5 Å². The highest BCUT2D eigenvalue weighted by Crippen LogP contribution is 2.45. The van der Waals surface area contributed by atoms with Crippen molar-refractivity contribution in [2.24, 2.45) is 0 Å². The molecule has 3 heterocycles. The molecule has 1 aliphatic heterocycles. The molecule has 1 aliphatic rings. The van der Waals surface area contributed by atoms with Gasteiger partial charge in [0.05, 0.1) is 23.4 Å². The van der Waals surface area contributed by atoms with Gasteiger partial charge in [0.15, 0.2) is 11.5 Å². The van der Waals surface area contributed by atoms with Gasteiger partial charge in [-0.2, -0.15) is 0 Å². The molecule has 0 radical (unpaired) electrons. The summed E-state index contributed by atoms with van der Waals surface area (Å²) >= 11 is 3.33. The van der Waals surface area contributed by atoms with Crippen molar-refractivity contribution in [1.82, 2.24) is 9.88 Å². The number of ether oxygens (including phenoxy) is 2. The molecule has 0 spiro atoms. The summed E-state index contributed by atoms with van der Waals surface area (Å²) in [5, 5.41) is 5.01. The predicted octanol–water partition coefficient (Wildman–Crippen LogP) is 6.48. The minimum absolute atomic E-state index is 0. The van der Waals surface area contributed by atoms with E-state index in [0.29, 0.717) is 30.3 Å². The van der Waals surface area contributed by atoms with Crippen LogP contribution in [0.25, 0.3) is 20.8 Å². The van der Waals surface area contributed by atoms with Crippen molar-refractivity contribution < 1.29 is 14.3 Å². The van der Waals surface area contributed by atoms with Gasteiger partial charge in [-0.1, -0.05) is 12.1 Å². The smallest absolute Gasteiger partial charge is 0.256 e. The van der Waals surface area contributed by atoms with E-state index < -0.39 is 0 Å². The van der Waals surface area contributed by atoms with Crippen LogP contribution in [0.2, 0.25) is 0 Å². The largest absolute Gasteiger partial charge is 0.490 e. The summed E-state index contributed by atoms with van der Waals surface area (Å²) in [6.45, 7) is 6.75. The molecule has 0 atom stereocenters. The van der Waals surface area contributed by atoms with Crippen LogP contribution in [-0.4, -0.2) is 42.6 Å². The van der Waals surface area contributed by atoms with Crippen molar-refractivity contribution in [3.63, 3.8) is 0 Å². The lowest BCUT2D eigenvalue weighted by molar-refractivity contribution is 0.102. The molecule has 1 amide bonds. The van der Waals surface area contributed by atoms with Crippen molar-refractivity contribution in [2.45, 2.75) is 26.8 Å². The van der Waals surface area contributed by atoms with Crippen LogP contribution in [0, 0.1) is 0 Å². The summed E-state index contributed by atoms with van der Waals surface area (Å²) < 4.78 is 12.5. The van der Waals surface area contributed by atoms with Crippen LogP contribution in [0.5, 0.6) is 11.5 Å². The topological polar surface area (TPSA) is 63.7 Å². The molecule has 2 aromatic carbocycles. The van der Waals surface area contributed by atoms with Crippen molar-refractivity contribution in [2.75, 3.05) is 32.1 Å². The van der Waals surface area contributed by atoms with Gasteiger partial charge in [0.1, 0.15) is 10.0 Å². The number of likely N-dealkylation sites (N-methyl/N-ethyl adjacent to an activating group) is 1. The van der Waals surface area contributed by atoms with Crippen LogP contribution in [0.4, 0.5) is 5.00 Å². The maximum Gasteiger partial charge on any atom is 0.256 e. The minimum Gasteiger partial charge on any atom is -0.490 e. The lowest BCUT2D eigenvalue weighted by Gasteiger charge is -2.22. The van der Waals surface area contributed by atoms with Gasteiger partial charge in [-0.25, -0.2) is 4.98 Å². The summed E-state index contributed by atoms with van der Waals surface area (Å²) in [6.07, 6.45) is 0.945.